The maximum Gasteiger partial charge on any atom is 0.181 e. The van der Waals surface area contributed by atoms with Gasteiger partial charge < -0.3 is 14.2 Å². The molecule has 0 N–H and O–H groups in total. The molecular weight excluding hydrogens is 384 g/mol. The minimum absolute atomic E-state index is 0.0153. The Balaban J connectivity index is 1.28. The predicted octanol–water partition coefficient (Wildman–Crippen LogP) is 7.26. The molecular formula is C28H42O3. The van der Waals surface area contributed by atoms with Crippen molar-refractivity contribution >= 4 is 0 Å². The molecule has 2 atom stereocenters. The minimum Gasteiger partial charge on any atom is -0.366 e. The molecule has 0 unspecified atom stereocenters. The number of ether oxygens (including phenoxy) is 3. The number of rotatable bonds is 10. The highest BCUT2D eigenvalue weighted by Crippen LogP contribution is 2.59. The molecule has 172 valence electrons. The molecule has 0 aromatic heterocycles. The van der Waals surface area contributed by atoms with Crippen LogP contribution in [-0.4, -0.2) is 26.1 Å². The summed E-state index contributed by atoms with van der Waals surface area (Å²) in [6, 6.07) is 9.32. The zero-order valence-electron chi connectivity index (χ0n) is 19.7. The van der Waals surface area contributed by atoms with Gasteiger partial charge in [-0.1, -0.05) is 69.5 Å². The first-order valence-corrected chi connectivity index (χ1v) is 12.8. The second-order valence-corrected chi connectivity index (χ2v) is 10.2. The highest BCUT2D eigenvalue weighted by Gasteiger charge is 2.48. The number of unbranched alkanes of at least 4 members (excludes halogenated alkanes) is 2. The average Bonchev–Trinajstić information content (AvgIpc) is 2.84. The summed E-state index contributed by atoms with van der Waals surface area (Å²) < 4.78 is 17.7. The van der Waals surface area contributed by atoms with E-state index in [0.717, 1.165) is 6.42 Å². The van der Waals surface area contributed by atoms with E-state index in [1.807, 2.05) is 6.08 Å². The fraction of sp³-hybridized carbons (Fsp3) is 0.714. The Kier molecular flexibility index (Phi) is 7.90. The summed E-state index contributed by atoms with van der Waals surface area (Å²) in [4.78, 5) is 0. The molecule has 1 aromatic rings. The van der Waals surface area contributed by atoms with Gasteiger partial charge in [0.25, 0.3) is 0 Å². The van der Waals surface area contributed by atoms with Crippen molar-refractivity contribution in [3.8, 4) is 0 Å². The van der Waals surface area contributed by atoms with E-state index >= 15 is 0 Å². The summed E-state index contributed by atoms with van der Waals surface area (Å²) in [5.41, 5.74) is 3.89. The van der Waals surface area contributed by atoms with Crippen molar-refractivity contribution in [3.05, 3.63) is 47.5 Å². The fourth-order valence-electron chi connectivity index (χ4n) is 6.04. The predicted molar refractivity (Wildman–Crippen MR) is 126 cm³/mol. The summed E-state index contributed by atoms with van der Waals surface area (Å²) in [6.07, 6.45) is 19.1. The van der Waals surface area contributed by atoms with Crippen LogP contribution < -0.4 is 0 Å². The lowest BCUT2D eigenvalue weighted by Gasteiger charge is -2.54. The van der Waals surface area contributed by atoms with Crippen molar-refractivity contribution in [2.45, 2.75) is 102 Å². The number of fused-ring (bicyclic) bond motifs is 3. The Morgan fingerprint density at radius 3 is 2.26 bits per heavy atom. The first kappa shape index (κ1) is 23.0. The largest absolute Gasteiger partial charge is 0.366 e. The van der Waals surface area contributed by atoms with Gasteiger partial charge in [0.05, 0.1) is 19.8 Å². The van der Waals surface area contributed by atoms with E-state index in [0.29, 0.717) is 30.7 Å². The van der Waals surface area contributed by atoms with Crippen LogP contribution in [0.1, 0.15) is 102 Å². The molecule has 0 amide bonds. The number of hydrogen-bond acceptors (Lipinski definition) is 3. The van der Waals surface area contributed by atoms with E-state index < -0.39 is 0 Å². The Bertz CT molecular complexity index is 675. The average molecular weight is 427 g/mol. The maximum atomic E-state index is 6.06. The molecule has 1 aromatic carbocycles. The van der Waals surface area contributed by atoms with Crippen LogP contribution in [0.25, 0.3) is 0 Å². The molecule has 3 nitrogen and oxygen atoms in total. The van der Waals surface area contributed by atoms with Gasteiger partial charge in [0.15, 0.2) is 6.29 Å². The molecule has 4 fully saturated rings. The Hall–Kier alpha value is -1.16. The number of hydrogen-bond donors (Lipinski definition) is 0. The SMILES string of the molecule is CCC=CCO[C@H]1CO[C@H](c2ccc(C34CCC(CCCCC)(CC3)CC4)cc2)CO1. The van der Waals surface area contributed by atoms with Gasteiger partial charge >= 0.3 is 0 Å². The van der Waals surface area contributed by atoms with Gasteiger partial charge in [-0.15, -0.1) is 0 Å². The van der Waals surface area contributed by atoms with Crippen molar-refractivity contribution in [2.75, 3.05) is 19.8 Å². The van der Waals surface area contributed by atoms with E-state index in [4.69, 9.17) is 14.2 Å². The van der Waals surface area contributed by atoms with Crippen LogP contribution in [0.4, 0.5) is 0 Å². The quantitative estimate of drug-likeness (QED) is 0.291. The third kappa shape index (κ3) is 5.43. The summed E-state index contributed by atoms with van der Waals surface area (Å²) >= 11 is 0. The molecule has 3 heteroatoms. The Labute approximate surface area is 189 Å². The van der Waals surface area contributed by atoms with E-state index in [1.54, 1.807) is 5.56 Å². The Morgan fingerprint density at radius 2 is 1.65 bits per heavy atom. The van der Waals surface area contributed by atoms with Crippen LogP contribution in [0.2, 0.25) is 0 Å². The van der Waals surface area contributed by atoms with Crippen molar-refractivity contribution in [1.82, 2.24) is 0 Å². The highest BCUT2D eigenvalue weighted by molar-refractivity contribution is 5.32. The maximum absolute atomic E-state index is 6.06. The summed E-state index contributed by atoms with van der Waals surface area (Å²) in [5.74, 6) is 0. The van der Waals surface area contributed by atoms with Gasteiger partial charge in [-0.2, -0.15) is 0 Å². The fourth-order valence-corrected chi connectivity index (χ4v) is 6.04. The lowest BCUT2D eigenvalue weighted by atomic mass is 9.51. The minimum atomic E-state index is -0.252. The lowest BCUT2D eigenvalue weighted by molar-refractivity contribution is -0.232. The van der Waals surface area contributed by atoms with Crippen LogP contribution in [-0.2, 0) is 19.6 Å². The third-order valence-electron chi connectivity index (χ3n) is 8.25. The molecule has 2 bridgehead atoms. The zero-order valence-corrected chi connectivity index (χ0v) is 19.7. The molecule has 31 heavy (non-hydrogen) atoms. The van der Waals surface area contributed by atoms with Crippen LogP contribution >= 0.6 is 0 Å². The second kappa shape index (κ2) is 10.6. The van der Waals surface area contributed by atoms with E-state index in [1.165, 1.54) is 69.8 Å². The van der Waals surface area contributed by atoms with Gasteiger partial charge in [0.2, 0.25) is 0 Å². The first-order chi connectivity index (χ1) is 15.2. The van der Waals surface area contributed by atoms with E-state index in [2.05, 4.69) is 44.2 Å². The lowest BCUT2D eigenvalue weighted by Crippen LogP contribution is -2.44. The molecule has 3 aliphatic carbocycles. The third-order valence-corrected chi connectivity index (χ3v) is 8.25. The van der Waals surface area contributed by atoms with Crippen molar-refractivity contribution in [3.63, 3.8) is 0 Å². The highest BCUT2D eigenvalue weighted by atomic mass is 16.7. The standard InChI is InChI=1S/C28H42O3/c1-3-5-7-13-27-14-17-28(18-15-27,19-16-27)24-11-9-23(10-12-24)25-21-31-26(22-30-25)29-20-8-6-4-2/h6,8-12,25-26H,3-5,7,13-22H2,1-2H3/t25-,26+,27?,28?/m0/s1. The summed E-state index contributed by atoms with van der Waals surface area (Å²) in [6.45, 7) is 6.08. The van der Waals surface area contributed by atoms with Crippen LogP contribution in [0, 0.1) is 5.41 Å². The van der Waals surface area contributed by atoms with Crippen LogP contribution in [0.15, 0.2) is 36.4 Å². The van der Waals surface area contributed by atoms with E-state index in [9.17, 15) is 0 Å². The molecule has 5 rings (SSSR count). The van der Waals surface area contributed by atoms with Crippen molar-refractivity contribution in [2.24, 2.45) is 5.41 Å². The Morgan fingerprint density at radius 1 is 0.903 bits per heavy atom. The van der Waals surface area contributed by atoms with Gasteiger partial charge in [-0.25, -0.2) is 0 Å². The second-order valence-electron chi connectivity index (χ2n) is 10.2. The topological polar surface area (TPSA) is 27.7 Å². The smallest absolute Gasteiger partial charge is 0.181 e. The number of benzene rings is 1. The summed E-state index contributed by atoms with van der Waals surface area (Å²) in [7, 11) is 0. The molecule has 1 heterocycles. The number of allylic oxidation sites excluding steroid dienone is 1. The van der Waals surface area contributed by atoms with Crippen molar-refractivity contribution < 1.29 is 14.2 Å². The molecule has 1 saturated heterocycles. The first-order valence-electron chi connectivity index (χ1n) is 12.8. The van der Waals surface area contributed by atoms with E-state index in [-0.39, 0.29) is 12.4 Å². The summed E-state index contributed by atoms with van der Waals surface area (Å²) in [5, 5.41) is 0. The van der Waals surface area contributed by atoms with Gasteiger partial charge in [-0.05, 0) is 73.3 Å². The van der Waals surface area contributed by atoms with Gasteiger partial charge in [-0.3, -0.25) is 0 Å². The van der Waals surface area contributed by atoms with Gasteiger partial charge in [0.1, 0.15) is 6.10 Å². The zero-order chi connectivity index (χ0) is 21.6. The monoisotopic (exact) mass is 426 g/mol. The van der Waals surface area contributed by atoms with Crippen molar-refractivity contribution in [1.29, 1.82) is 0 Å². The van der Waals surface area contributed by atoms with Crippen LogP contribution in [0.3, 0.4) is 0 Å². The molecule has 0 radical (unpaired) electrons. The molecule has 4 aliphatic rings. The normalized spacial score (nSPS) is 33.2. The van der Waals surface area contributed by atoms with Crippen LogP contribution in [0.5, 0.6) is 0 Å². The molecule has 0 spiro atoms. The molecule has 1 aliphatic heterocycles. The molecule has 3 saturated carbocycles. The van der Waals surface area contributed by atoms with Gasteiger partial charge in [0, 0.05) is 0 Å².